The van der Waals surface area contributed by atoms with Crippen molar-refractivity contribution < 1.29 is 28.6 Å². The van der Waals surface area contributed by atoms with E-state index in [1.165, 1.54) is 38.5 Å². The van der Waals surface area contributed by atoms with Crippen LogP contribution in [0.4, 0.5) is 0 Å². The van der Waals surface area contributed by atoms with E-state index in [4.69, 9.17) is 14.2 Å². The van der Waals surface area contributed by atoms with Crippen LogP contribution in [-0.2, 0) is 33.6 Å². The number of allylic oxidation sites excluding steroid dienone is 6. The Hall–Kier alpha value is -4.71. The maximum atomic E-state index is 12.6. The number of fused-ring (bicyclic) bond motifs is 3. The van der Waals surface area contributed by atoms with Gasteiger partial charge in [-0.15, -0.1) is 0 Å². The van der Waals surface area contributed by atoms with Gasteiger partial charge in [0.1, 0.15) is 17.2 Å². The molecule has 1 aliphatic rings. The summed E-state index contributed by atoms with van der Waals surface area (Å²) in [6.45, 7) is 0. The van der Waals surface area contributed by atoms with E-state index in [-0.39, 0.29) is 17.9 Å². The van der Waals surface area contributed by atoms with Gasteiger partial charge in [-0.05, 0) is 112 Å². The summed E-state index contributed by atoms with van der Waals surface area (Å²) in [6, 6.07) is 23.6. The topological polar surface area (TPSA) is 78.9 Å². The van der Waals surface area contributed by atoms with Gasteiger partial charge >= 0.3 is 17.9 Å². The fourth-order valence-electron chi connectivity index (χ4n) is 7.54. The minimum absolute atomic E-state index is 0.153. The van der Waals surface area contributed by atoms with Crippen LogP contribution in [0.5, 0.6) is 17.2 Å². The molecule has 1 aliphatic heterocycles. The Morgan fingerprint density at radius 1 is 0.283 bits per heavy atom. The number of hydrogen-bond donors (Lipinski definition) is 0. The van der Waals surface area contributed by atoms with Crippen LogP contribution in [0.2, 0.25) is 0 Å². The van der Waals surface area contributed by atoms with Crippen molar-refractivity contribution in [3.05, 3.63) is 126 Å². The van der Waals surface area contributed by atoms with Crippen LogP contribution in [0.25, 0.3) is 0 Å². The molecule has 0 spiro atoms. The number of benzene rings is 3. The summed E-state index contributed by atoms with van der Waals surface area (Å²) in [4.78, 5) is 37.9. The summed E-state index contributed by atoms with van der Waals surface area (Å²) >= 11 is 0. The Kier molecular flexibility index (Phi) is 24.9. The molecule has 0 N–H and O–H groups in total. The van der Waals surface area contributed by atoms with Crippen molar-refractivity contribution in [1.29, 1.82) is 0 Å². The largest absolute Gasteiger partial charge is 0.426 e. The Labute approximate surface area is 361 Å². The molecule has 6 nitrogen and oxygen atoms in total. The third-order valence-electron chi connectivity index (χ3n) is 11.1. The summed E-state index contributed by atoms with van der Waals surface area (Å²) in [7, 11) is 0. The van der Waals surface area contributed by atoms with Gasteiger partial charge in [-0.25, -0.2) is 0 Å². The van der Waals surface area contributed by atoms with Crippen molar-refractivity contribution in [2.24, 2.45) is 0 Å². The average molecular weight is 817 g/mol. The second-order valence-corrected chi connectivity index (χ2v) is 16.3. The minimum atomic E-state index is -0.153. The minimum Gasteiger partial charge on any atom is -0.426 e. The van der Waals surface area contributed by atoms with Gasteiger partial charge in [0.15, 0.2) is 0 Å². The van der Waals surface area contributed by atoms with E-state index in [9.17, 15) is 14.4 Å². The smallest absolute Gasteiger partial charge is 0.311 e. The van der Waals surface area contributed by atoms with Crippen LogP contribution in [-0.4, -0.2) is 17.9 Å². The maximum absolute atomic E-state index is 12.6. The average Bonchev–Trinajstić information content (AvgIpc) is 3.25. The van der Waals surface area contributed by atoms with Crippen molar-refractivity contribution in [3.8, 4) is 17.2 Å². The van der Waals surface area contributed by atoms with Crippen LogP contribution >= 0.6 is 0 Å². The van der Waals surface area contributed by atoms with Gasteiger partial charge in [-0.2, -0.15) is 0 Å². The third kappa shape index (κ3) is 21.5. The molecule has 0 atom stereocenters. The molecule has 4 rings (SSSR count). The molecule has 60 heavy (non-hydrogen) atoms. The molecular formula is C54H72O6. The predicted molar refractivity (Wildman–Crippen MR) is 246 cm³/mol. The number of hydrogen-bond acceptors (Lipinski definition) is 6. The molecule has 3 aromatic carbocycles. The molecule has 0 unspecified atom stereocenters. The summed E-state index contributed by atoms with van der Waals surface area (Å²) in [5.41, 5.74) is 3.11. The second kappa shape index (κ2) is 31.2. The monoisotopic (exact) mass is 817 g/mol. The highest BCUT2D eigenvalue weighted by atomic mass is 16.5. The van der Waals surface area contributed by atoms with E-state index < -0.39 is 0 Å². The molecular weight excluding hydrogens is 745 g/mol. The zero-order valence-corrected chi connectivity index (χ0v) is 36.4. The summed E-state index contributed by atoms with van der Waals surface area (Å²) in [5.74, 6) is 1.55. The molecule has 6 heteroatoms. The summed E-state index contributed by atoms with van der Waals surface area (Å²) in [6.07, 6.45) is 39.5. The normalized spacial score (nSPS) is 18.5. The molecule has 0 saturated heterocycles. The van der Waals surface area contributed by atoms with Crippen LogP contribution in [0.3, 0.4) is 0 Å². The molecule has 1 heterocycles. The number of esters is 3. The Morgan fingerprint density at radius 3 is 0.833 bits per heavy atom. The first-order chi connectivity index (χ1) is 29.6. The lowest BCUT2D eigenvalue weighted by atomic mass is 10.1. The fourth-order valence-corrected chi connectivity index (χ4v) is 7.54. The standard InChI is InChI=1S/C54H72O6/c55-52-43-25-19-13-7-1-4-10-16-22-34-46-37-28-31-40-49(46)59-53(56)44-26-20-14-8-3-6-12-18-24-36-48-39-30-33-42-51(48)60-54(57)45-27-21-15-9-2-5-11-17-23-35-47-38-29-32-41-50(47)58-52/h16-18,22-24,28-33,37-42H,1-15,19-21,25-27,34-36,43-45H2. The van der Waals surface area contributed by atoms with Gasteiger partial charge in [0.25, 0.3) is 0 Å². The van der Waals surface area contributed by atoms with Gasteiger partial charge in [0.2, 0.25) is 0 Å². The van der Waals surface area contributed by atoms with Gasteiger partial charge < -0.3 is 14.2 Å². The molecule has 0 saturated carbocycles. The number of para-hydroxylation sites is 3. The molecule has 0 radical (unpaired) electrons. The van der Waals surface area contributed by atoms with Crippen molar-refractivity contribution in [1.82, 2.24) is 0 Å². The number of carbonyl (C=O) groups excluding carboxylic acids is 3. The van der Waals surface area contributed by atoms with E-state index >= 15 is 0 Å². The SMILES string of the molecule is O=C1CCCCCCCCC=CCc2ccccc2OC(=O)CCCCCCCCC=CCc2ccccc2OC(=O)CCCCCCCCC=CCc2ccccc2O1. The van der Waals surface area contributed by atoms with Crippen LogP contribution in [0.1, 0.15) is 171 Å². The van der Waals surface area contributed by atoms with Gasteiger partial charge in [-0.1, -0.05) is 168 Å². The molecule has 0 aliphatic carbocycles. The lowest BCUT2D eigenvalue weighted by Gasteiger charge is -2.09. The second-order valence-electron chi connectivity index (χ2n) is 16.3. The Morgan fingerprint density at radius 2 is 0.533 bits per heavy atom. The zero-order chi connectivity index (χ0) is 42.1. The molecule has 0 fully saturated rings. The number of rotatable bonds is 0. The molecule has 324 valence electrons. The Balaban J connectivity index is 1.21. The maximum Gasteiger partial charge on any atom is 0.311 e. The van der Waals surface area contributed by atoms with Gasteiger partial charge in [0, 0.05) is 19.3 Å². The lowest BCUT2D eigenvalue weighted by molar-refractivity contribution is -0.135. The highest BCUT2D eigenvalue weighted by Crippen LogP contribution is 2.23. The van der Waals surface area contributed by atoms with E-state index in [1.54, 1.807) is 0 Å². The van der Waals surface area contributed by atoms with Crippen LogP contribution in [0, 0.1) is 0 Å². The fraction of sp³-hybridized carbons (Fsp3) is 0.500. The van der Waals surface area contributed by atoms with Crippen molar-refractivity contribution >= 4 is 17.9 Å². The molecule has 3 aromatic rings. The first kappa shape index (κ1) is 48.0. The van der Waals surface area contributed by atoms with Gasteiger partial charge in [0.05, 0.1) is 0 Å². The van der Waals surface area contributed by atoms with Crippen molar-refractivity contribution in [2.75, 3.05) is 0 Å². The van der Waals surface area contributed by atoms with E-state index in [0.29, 0.717) is 36.5 Å². The predicted octanol–water partition coefficient (Wildman–Crippen LogP) is 14.5. The summed E-state index contributed by atoms with van der Waals surface area (Å²) < 4.78 is 17.4. The van der Waals surface area contributed by atoms with E-state index in [0.717, 1.165) is 132 Å². The quantitative estimate of drug-likeness (QED) is 0.128. The lowest BCUT2D eigenvalue weighted by Crippen LogP contribution is -2.09. The van der Waals surface area contributed by atoms with Crippen LogP contribution in [0.15, 0.2) is 109 Å². The van der Waals surface area contributed by atoms with Crippen molar-refractivity contribution in [3.63, 3.8) is 0 Å². The first-order valence-electron chi connectivity index (χ1n) is 23.4. The summed E-state index contributed by atoms with van der Waals surface area (Å²) in [5, 5.41) is 0. The third-order valence-corrected chi connectivity index (χ3v) is 11.1. The highest BCUT2D eigenvalue weighted by molar-refractivity contribution is 5.73. The van der Waals surface area contributed by atoms with Gasteiger partial charge in [-0.3, -0.25) is 14.4 Å². The molecule has 0 amide bonds. The highest BCUT2D eigenvalue weighted by Gasteiger charge is 2.11. The van der Waals surface area contributed by atoms with E-state index in [2.05, 4.69) is 36.5 Å². The number of carbonyl (C=O) groups is 3. The van der Waals surface area contributed by atoms with E-state index in [1.807, 2.05) is 72.8 Å². The zero-order valence-electron chi connectivity index (χ0n) is 36.4. The van der Waals surface area contributed by atoms with Crippen LogP contribution < -0.4 is 14.2 Å². The first-order valence-corrected chi connectivity index (χ1v) is 23.4. The molecule has 0 aromatic heterocycles. The number of ether oxygens (including phenoxy) is 3. The Bertz CT molecular complexity index is 1550. The molecule has 0 bridgehead atoms. The van der Waals surface area contributed by atoms with Crippen molar-refractivity contribution in [2.45, 2.75) is 173 Å².